The summed E-state index contributed by atoms with van der Waals surface area (Å²) in [7, 11) is 0. The molecule has 0 saturated heterocycles. The normalized spacial score (nSPS) is 11.8. The van der Waals surface area contributed by atoms with E-state index in [9.17, 15) is 19.7 Å². The first-order chi connectivity index (χ1) is 17.3. The Hall–Kier alpha value is -4.53. The largest absolute Gasteiger partial charge is 0.487 e. The maximum Gasteiger partial charge on any atom is 0.308 e. The number of benzene rings is 2. The molecule has 9 heteroatoms. The fourth-order valence-corrected chi connectivity index (χ4v) is 3.37. The Bertz CT molecular complexity index is 1210. The van der Waals surface area contributed by atoms with E-state index in [2.05, 4.69) is 10.3 Å². The highest BCUT2D eigenvalue weighted by Gasteiger charge is 2.26. The highest BCUT2D eigenvalue weighted by molar-refractivity contribution is 5.92. The molecule has 36 heavy (non-hydrogen) atoms. The smallest absolute Gasteiger partial charge is 0.308 e. The molecule has 1 atom stereocenters. The average Bonchev–Trinajstić information content (AvgIpc) is 2.86. The van der Waals surface area contributed by atoms with Crippen LogP contribution in [0.5, 0.6) is 5.75 Å². The highest BCUT2D eigenvalue weighted by atomic mass is 16.6. The minimum atomic E-state index is -0.933. The van der Waals surface area contributed by atoms with Gasteiger partial charge in [-0.2, -0.15) is 0 Å². The third-order valence-electron chi connectivity index (χ3n) is 4.98. The van der Waals surface area contributed by atoms with Gasteiger partial charge in [-0.1, -0.05) is 36.4 Å². The van der Waals surface area contributed by atoms with E-state index in [1.807, 2.05) is 18.2 Å². The maximum absolute atomic E-state index is 12.7. The van der Waals surface area contributed by atoms with Crippen molar-refractivity contribution in [3.63, 3.8) is 0 Å². The number of nitrogens with one attached hydrogen (secondary N) is 1. The van der Waals surface area contributed by atoms with E-state index in [4.69, 9.17) is 9.47 Å². The van der Waals surface area contributed by atoms with Crippen LogP contribution in [0.4, 0.5) is 5.69 Å². The zero-order chi connectivity index (χ0) is 25.9. The summed E-state index contributed by atoms with van der Waals surface area (Å²) in [5.41, 5.74) is 1.59. The van der Waals surface area contributed by atoms with Gasteiger partial charge in [0.25, 0.3) is 5.69 Å². The highest BCUT2D eigenvalue weighted by Crippen LogP contribution is 2.27. The van der Waals surface area contributed by atoms with Crippen LogP contribution in [0.3, 0.4) is 0 Å². The van der Waals surface area contributed by atoms with Crippen LogP contribution in [0.2, 0.25) is 0 Å². The number of aromatic nitrogens is 1. The molecule has 9 nitrogen and oxygen atoms in total. The number of hydrogen-bond donors (Lipinski definition) is 1. The fraction of sp³-hybridized carbons (Fsp3) is 0.222. The van der Waals surface area contributed by atoms with Gasteiger partial charge in [0, 0.05) is 18.3 Å². The lowest BCUT2D eigenvalue weighted by Gasteiger charge is -2.18. The van der Waals surface area contributed by atoms with Gasteiger partial charge in [0.05, 0.1) is 34.7 Å². The van der Waals surface area contributed by atoms with E-state index in [1.54, 1.807) is 56.5 Å². The summed E-state index contributed by atoms with van der Waals surface area (Å²) in [6.45, 7) is 3.74. The van der Waals surface area contributed by atoms with E-state index in [0.29, 0.717) is 12.4 Å². The first-order valence-corrected chi connectivity index (χ1v) is 11.4. The number of carbonyl (C=O) groups is 2. The molecule has 1 aromatic heterocycles. The van der Waals surface area contributed by atoms with Crippen LogP contribution in [-0.4, -0.2) is 27.9 Å². The molecule has 1 N–H and O–H groups in total. The number of rotatable bonds is 11. The van der Waals surface area contributed by atoms with Crippen LogP contribution in [0.1, 0.15) is 43.1 Å². The zero-order valence-electron chi connectivity index (χ0n) is 20.0. The van der Waals surface area contributed by atoms with Crippen LogP contribution < -0.4 is 10.1 Å². The topological polar surface area (TPSA) is 121 Å². The fourth-order valence-electron chi connectivity index (χ4n) is 3.37. The molecule has 3 rings (SSSR count). The number of nitro benzene ring substituents is 1. The molecule has 0 saturated carbocycles. The van der Waals surface area contributed by atoms with Crippen molar-refractivity contribution >= 4 is 23.6 Å². The Kier molecular flexibility index (Phi) is 9.27. The number of carbonyl (C=O) groups excluding carboxylic acids is 2. The van der Waals surface area contributed by atoms with Crippen molar-refractivity contribution in [1.29, 1.82) is 0 Å². The Morgan fingerprint density at radius 3 is 2.44 bits per heavy atom. The molecular weight excluding hydrogens is 462 g/mol. The van der Waals surface area contributed by atoms with Gasteiger partial charge >= 0.3 is 5.97 Å². The van der Waals surface area contributed by atoms with Gasteiger partial charge in [0.1, 0.15) is 12.4 Å². The molecule has 186 valence electrons. The van der Waals surface area contributed by atoms with E-state index in [0.717, 1.165) is 11.3 Å². The third kappa shape index (κ3) is 8.05. The number of hydrogen-bond acceptors (Lipinski definition) is 7. The van der Waals surface area contributed by atoms with E-state index in [-0.39, 0.29) is 23.8 Å². The number of esters is 1. The molecule has 0 aliphatic heterocycles. The second kappa shape index (κ2) is 12.8. The van der Waals surface area contributed by atoms with Crippen LogP contribution in [0.25, 0.3) is 6.08 Å². The van der Waals surface area contributed by atoms with Gasteiger partial charge in [0.2, 0.25) is 5.91 Å². The number of amides is 1. The maximum atomic E-state index is 12.7. The minimum Gasteiger partial charge on any atom is -0.487 e. The van der Waals surface area contributed by atoms with Gasteiger partial charge in [-0.3, -0.25) is 24.7 Å². The van der Waals surface area contributed by atoms with Crippen LogP contribution in [0, 0.1) is 10.1 Å². The number of para-hydroxylation sites is 1. The van der Waals surface area contributed by atoms with Gasteiger partial charge < -0.3 is 14.8 Å². The molecule has 2 aromatic carbocycles. The number of ether oxygens (including phenoxy) is 2. The number of nitrogens with zero attached hydrogens (tertiary/aromatic N) is 2. The lowest BCUT2D eigenvalue weighted by atomic mass is 10.0. The van der Waals surface area contributed by atoms with Gasteiger partial charge in [-0.05, 0) is 49.8 Å². The molecule has 1 amide bonds. The first-order valence-electron chi connectivity index (χ1n) is 11.4. The summed E-state index contributed by atoms with van der Waals surface area (Å²) in [6, 6.07) is 17.8. The van der Waals surface area contributed by atoms with Gasteiger partial charge in [0.15, 0.2) is 0 Å². The standard InChI is InChI=1S/C27H27N3O6/c1-19(2)36-27(32)17-24(23-8-3-4-9-25(23)30(33)34)29-26(31)15-12-20-10-13-22(14-11-20)35-18-21-7-5-6-16-28-21/h3-16,19,24H,17-18H2,1-2H3,(H,29,31)/b15-12+. The van der Waals surface area contributed by atoms with Crippen LogP contribution >= 0.6 is 0 Å². The number of nitro groups is 1. The quantitative estimate of drug-likeness (QED) is 0.178. The predicted molar refractivity (Wildman–Crippen MR) is 134 cm³/mol. The Labute approximate surface area is 208 Å². The molecule has 3 aromatic rings. The monoisotopic (exact) mass is 489 g/mol. The minimum absolute atomic E-state index is 0.189. The molecule has 0 bridgehead atoms. The Morgan fingerprint density at radius 2 is 1.78 bits per heavy atom. The van der Waals surface area contributed by atoms with Gasteiger partial charge in [-0.25, -0.2) is 0 Å². The second-order valence-electron chi connectivity index (χ2n) is 8.13. The third-order valence-corrected chi connectivity index (χ3v) is 4.98. The lowest BCUT2D eigenvalue weighted by molar-refractivity contribution is -0.385. The summed E-state index contributed by atoms with van der Waals surface area (Å²) >= 11 is 0. The van der Waals surface area contributed by atoms with Crippen molar-refractivity contribution in [2.75, 3.05) is 0 Å². The average molecular weight is 490 g/mol. The second-order valence-corrected chi connectivity index (χ2v) is 8.13. The first kappa shape index (κ1) is 26.1. The van der Waals surface area contributed by atoms with Gasteiger partial charge in [-0.15, -0.1) is 0 Å². The molecule has 0 fully saturated rings. The van der Waals surface area contributed by atoms with Crippen molar-refractivity contribution in [3.8, 4) is 5.75 Å². The van der Waals surface area contributed by atoms with E-state index >= 15 is 0 Å². The predicted octanol–water partition coefficient (Wildman–Crippen LogP) is 4.78. The SMILES string of the molecule is CC(C)OC(=O)CC(NC(=O)/C=C/c1ccc(OCc2ccccn2)cc1)c1ccccc1[N+](=O)[O-]. The van der Waals surface area contributed by atoms with E-state index in [1.165, 1.54) is 24.3 Å². The van der Waals surface area contributed by atoms with Crippen molar-refractivity contribution in [2.45, 2.75) is 39.0 Å². The zero-order valence-corrected chi connectivity index (χ0v) is 20.0. The van der Waals surface area contributed by atoms with Crippen molar-refractivity contribution in [3.05, 3.63) is 106 Å². The van der Waals surface area contributed by atoms with Crippen molar-refractivity contribution in [2.24, 2.45) is 0 Å². The molecule has 0 radical (unpaired) electrons. The van der Waals surface area contributed by atoms with Crippen LogP contribution in [0.15, 0.2) is 79.0 Å². The molecule has 0 spiro atoms. The van der Waals surface area contributed by atoms with E-state index < -0.39 is 22.8 Å². The van der Waals surface area contributed by atoms with Crippen molar-refractivity contribution in [1.82, 2.24) is 10.3 Å². The summed E-state index contributed by atoms with van der Waals surface area (Å²) in [4.78, 5) is 40.1. The summed E-state index contributed by atoms with van der Waals surface area (Å²) in [5.74, 6) is -0.424. The molecule has 0 aliphatic carbocycles. The summed E-state index contributed by atoms with van der Waals surface area (Å²) in [5, 5.41) is 14.2. The summed E-state index contributed by atoms with van der Waals surface area (Å²) < 4.78 is 10.9. The van der Waals surface area contributed by atoms with Crippen molar-refractivity contribution < 1.29 is 24.0 Å². The Morgan fingerprint density at radius 1 is 1.06 bits per heavy atom. The molecule has 1 unspecified atom stereocenters. The lowest BCUT2D eigenvalue weighted by Crippen LogP contribution is -2.30. The van der Waals surface area contributed by atoms with Crippen LogP contribution in [-0.2, 0) is 20.9 Å². The molecule has 1 heterocycles. The number of pyridine rings is 1. The molecule has 0 aliphatic rings. The Balaban J connectivity index is 1.66. The molecular formula is C27H27N3O6. The summed E-state index contributed by atoms with van der Waals surface area (Å²) in [6.07, 6.45) is 4.01.